The lowest BCUT2D eigenvalue weighted by Crippen LogP contribution is -2.41. The molecule has 6 nitrogen and oxygen atoms in total. The highest BCUT2D eigenvalue weighted by Crippen LogP contribution is 2.19. The summed E-state index contributed by atoms with van der Waals surface area (Å²) in [4.78, 5) is 22.9. The highest BCUT2D eigenvalue weighted by Gasteiger charge is 2.23. The van der Waals surface area contributed by atoms with Gasteiger partial charge in [-0.15, -0.1) is 0 Å². The van der Waals surface area contributed by atoms with Gasteiger partial charge in [0.1, 0.15) is 5.82 Å². The first-order valence-corrected chi connectivity index (χ1v) is 8.49. The summed E-state index contributed by atoms with van der Waals surface area (Å²) in [7, 11) is 0. The Balaban J connectivity index is 1.50. The summed E-state index contributed by atoms with van der Waals surface area (Å²) in [5.41, 5.74) is 0. The van der Waals surface area contributed by atoms with Crippen molar-refractivity contribution in [2.24, 2.45) is 5.92 Å². The summed E-state index contributed by atoms with van der Waals surface area (Å²) in [6, 6.07) is 0. The molecule has 2 aromatic rings. The van der Waals surface area contributed by atoms with Crippen LogP contribution in [0.15, 0.2) is 31.1 Å². The number of aromatic nitrogens is 4. The van der Waals surface area contributed by atoms with Crippen LogP contribution >= 0.6 is 0 Å². The predicted molar refractivity (Wildman–Crippen MR) is 87.8 cm³/mol. The molecule has 1 saturated heterocycles. The summed E-state index contributed by atoms with van der Waals surface area (Å²) in [5, 5.41) is 0. The molecule has 23 heavy (non-hydrogen) atoms. The van der Waals surface area contributed by atoms with Gasteiger partial charge >= 0.3 is 0 Å². The molecular weight excluding hydrogens is 290 g/mol. The van der Waals surface area contributed by atoms with E-state index in [1.807, 2.05) is 36.0 Å². The van der Waals surface area contributed by atoms with Gasteiger partial charge in [-0.1, -0.05) is 6.92 Å². The zero-order valence-electron chi connectivity index (χ0n) is 13.8. The molecule has 2 aromatic heterocycles. The average Bonchev–Trinajstić information content (AvgIpc) is 3.24. The van der Waals surface area contributed by atoms with Crippen molar-refractivity contribution in [1.82, 2.24) is 24.0 Å². The molecule has 0 spiro atoms. The van der Waals surface area contributed by atoms with Crippen LogP contribution < -0.4 is 0 Å². The van der Waals surface area contributed by atoms with Crippen molar-refractivity contribution >= 4 is 5.91 Å². The summed E-state index contributed by atoms with van der Waals surface area (Å²) in [6.45, 7) is 5.52. The Labute approximate surface area is 137 Å². The fourth-order valence-corrected chi connectivity index (χ4v) is 3.37. The standard InChI is InChI=1S/C17H25N5O/c1-2-16-19-7-11-21(16)9-5-17(23)22-8-3-4-15(13-22)12-20-10-6-18-14-20/h6-7,10-11,14-15H,2-5,8-9,12-13H2,1H3. The summed E-state index contributed by atoms with van der Waals surface area (Å²) >= 11 is 0. The maximum Gasteiger partial charge on any atom is 0.224 e. The quantitative estimate of drug-likeness (QED) is 0.819. The molecular formula is C17H25N5O. The molecule has 1 atom stereocenters. The third kappa shape index (κ3) is 4.00. The van der Waals surface area contributed by atoms with E-state index in [4.69, 9.17) is 0 Å². The van der Waals surface area contributed by atoms with Crippen LogP contribution in [0, 0.1) is 5.92 Å². The Morgan fingerprint density at radius 3 is 3.04 bits per heavy atom. The SMILES string of the molecule is CCc1nccn1CCC(=O)N1CCCC(Cn2ccnc2)C1. The summed E-state index contributed by atoms with van der Waals surface area (Å²) in [5.74, 6) is 1.84. The van der Waals surface area contributed by atoms with Gasteiger partial charge in [0.05, 0.1) is 6.33 Å². The lowest BCUT2D eigenvalue weighted by atomic mass is 9.97. The van der Waals surface area contributed by atoms with E-state index in [0.717, 1.165) is 44.8 Å². The van der Waals surface area contributed by atoms with Gasteiger partial charge in [-0.2, -0.15) is 0 Å². The topological polar surface area (TPSA) is 56.0 Å². The van der Waals surface area contributed by atoms with Gasteiger partial charge in [0.2, 0.25) is 5.91 Å². The normalized spacial score (nSPS) is 18.3. The second kappa shape index (κ2) is 7.44. The van der Waals surface area contributed by atoms with Crippen molar-refractivity contribution in [3.63, 3.8) is 0 Å². The average molecular weight is 315 g/mol. The number of piperidine rings is 1. The van der Waals surface area contributed by atoms with E-state index in [1.165, 1.54) is 6.42 Å². The molecule has 0 bridgehead atoms. The molecule has 124 valence electrons. The molecule has 0 radical (unpaired) electrons. The van der Waals surface area contributed by atoms with E-state index >= 15 is 0 Å². The molecule has 3 rings (SSSR count). The Kier molecular flexibility index (Phi) is 5.10. The lowest BCUT2D eigenvalue weighted by molar-refractivity contribution is -0.133. The molecule has 1 unspecified atom stereocenters. The summed E-state index contributed by atoms with van der Waals surface area (Å²) in [6.07, 6.45) is 13.2. The van der Waals surface area contributed by atoms with Gasteiger partial charge in [-0.3, -0.25) is 4.79 Å². The minimum Gasteiger partial charge on any atom is -0.342 e. The number of nitrogens with zero attached hydrogens (tertiary/aromatic N) is 5. The first kappa shape index (κ1) is 15.8. The Morgan fingerprint density at radius 1 is 1.35 bits per heavy atom. The van der Waals surface area contributed by atoms with Crippen LogP contribution in [0.4, 0.5) is 0 Å². The highest BCUT2D eigenvalue weighted by molar-refractivity contribution is 5.76. The van der Waals surface area contributed by atoms with Crippen molar-refractivity contribution in [3.05, 3.63) is 36.9 Å². The van der Waals surface area contributed by atoms with Crippen LogP contribution in [0.1, 0.15) is 32.0 Å². The number of likely N-dealkylation sites (tertiary alicyclic amines) is 1. The predicted octanol–water partition coefficient (Wildman–Crippen LogP) is 1.97. The van der Waals surface area contributed by atoms with E-state index < -0.39 is 0 Å². The number of carbonyl (C=O) groups excluding carboxylic acids is 1. The third-order valence-corrected chi connectivity index (χ3v) is 4.58. The van der Waals surface area contributed by atoms with E-state index in [2.05, 4.69) is 26.0 Å². The van der Waals surface area contributed by atoms with Crippen LogP contribution in [-0.2, 0) is 24.3 Å². The van der Waals surface area contributed by atoms with Crippen LogP contribution in [0.25, 0.3) is 0 Å². The van der Waals surface area contributed by atoms with E-state index in [-0.39, 0.29) is 5.91 Å². The largest absolute Gasteiger partial charge is 0.342 e. The van der Waals surface area contributed by atoms with E-state index in [1.54, 1.807) is 0 Å². The number of hydrogen-bond donors (Lipinski definition) is 0. The van der Waals surface area contributed by atoms with Gasteiger partial charge in [-0.25, -0.2) is 9.97 Å². The molecule has 0 N–H and O–H groups in total. The zero-order valence-corrected chi connectivity index (χ0v) is 13.8. The van der Waals surface area contributed by atoms with Crippen LogP contribution in [-0.4, -0.2) is 43.0 Å². The van der Waals surface area contributed by atoms with Crippen molar-refractivity contribution in [2.75, 3.05) is 13.1 Å². The first-order valence-electron chi connectivity index (χ1n) is 8.49. The molecule has 3 heterocycles. The van der Waals surface area contributed by atoms with Crippen LogP contribution in [0.2, 0.25) is 0 Å². The molecule has 1 amide bonds. The molecule has 1 aliphatic rings. The molecule has 6 heteroatoms. The Bertz CT molecular complexity index is 619. The van der Waals surface area contributed by atoms with E-state index in [0.29, 0.717) is 12.3 Å². The van der Waals surface area contributed by atoms with Crippen molar-refractivity contribution in [1.29, 1.82) is 0 Å². The van der Waals surface area contributed by atoms with Gasteiger partial charge in [0, 0.05) is 63.8 Å². The zero-order chi connectivity index (χ0) is 16.1. The molecule has 0 aromatic carbocycles. The maximum absolute atomic E-state index is 12.5. The molecule has 0 aliphatic carbocycles. The van der Waals surface area contributed by atoms with Crippen LogP contribution in [0.5, 0.6) is 0 Å². The highest BCUT2D eigenvalue weighted by atomic mass is 16.2. The molecule has 1 aliphatic heterocycles. The van der Waals surface area contributed by atoms with Crippen molar-refractivity contribution < 1.29 is 4.79 Å². The van der Waals surface area contributed by atoms with Crippen molar-refractivity contribution in [3.8, 4) is 0 Å². The minimum absolute atomic E-state index is 0.260. The fraction of sp³-hybridized carbons (Fsp3) is 0.588. The number of carbonyl (C=O) groups is 1. The molecule has 0 saturated carbocycles. The van der Waals surface area contributed by atoms with Crippen molar-refractivity contribution in [2.45, 2.75) is 45.7 Å². The maximum atomic E-state index is 12.5. The van der Waals surface area contributed by atoms with E-state index in [9.17, 15) is 4.79 Å². The van der Waals surface area contributed by atoms with Gasteiger partial charge in [0.25, 0.3) is 0 Å². The van der Waals surface area contributed by atoms with Gasteiger partial charge in [-0.05, 0) is 18.8 Å². The lowest BCUT2D eigenvalue weighted by Gasteiger charge is -2.33. The number of aryl methyl sites for hydroxylation is 2. The molecule has 1 fully saturated rings. The fourth-order valence-electron chi connectivity index (χ4n) is 3.37. The summed E-state index contributed by atoms with van der Waals surface area (Å²) < 4.78 is 4.20. The second-order valence-electron chi connectivity index (χ2n) is 6.25. The Morgan fingerprint density at radius 2 is 2.26 bits per heavy atom. The van der Waals surface area contributed by atoms with Crippen LogP contribution in [0.3, 0.4) is 0 Å². The third-order valence-electron chi connectivity index (χ3n) is 4.58. The second-order valence-corrected chi connectivity index (χ2v) is 6.25. The Hall–Kier alpha value is -2.11. The first-order chi connectivity index (χ1) is 11.3. The number of amides is 1. The number of rotatable bonds is 6. The number of hydrogen-bond acceptors (Lipinski definition) is 3. The number of imidazole rings is 2. The monoisotopic (exact) mass is 315 g/mol. The van der Waals surface area contributed by atoms with Gasteiger partial charge < -0.3 is 14.0 Å². The van der Waals surface area contributed by atoms with Gasteiger partial charge in [0.15, 0.2) is 0 Å². The smallest absolute Gasteiger partial charge is 0.224 e. The minimum atomic E-state index is 0.260.